The van der Waals surface area contributed by atoms with Crippen LogP contribution in [0.25, 0.3) is 4.96 Å². The predicted molar refractivity (Wildman–Crippen MR) is 82.0 cm³/mol. The minimum Gasteiger partial charge on any atom is -0.436 e. The molecule has 0 amide bonds. The van der Waals surface area contributed by atoms with Crippen molar-refractivity contribution in [1.29, 1.82) is 0 Å². The predicted octanol–water partition coefficient (Wildman–Crippen LogP) is 3.95. The first-order chi connectivity index (χ1) is 9.79. The van der Waals surface area contributed by atoms with E-state index in [4.69, 9.17) is 16.3 Å². The number of nitrogens with zero attached hydrogens (tertiary/aromatic N) is 2. The van der Waals surface area contributed by atoms with Crippen molar-refractivity contribution in [2.24, 2.45) is 0 Å². The van der Waals surface area contributed by atoms with Crippen LogP contribution in [0.15, 0.2) is 35.8 Å². The van der Waals surface area contributed by atoms with Crippen LogP contribution in [-0.4, -0.2) is 15.9 Å². The van der Waals surface area contributed by atoms with Gasteiger partial charge in [-0.05, 0) is 18.7 Å². The Bertz CT molecular complexity index is 722. The Balaban J connectivity index is 1.97. The second-order valence-corrected chi connectivity index (χ2v) is 5.51. The zero-order valence-corrected chi connectivity index (χ0v) is 12.5. The summed E-state index contributed by atoms with van der Waals surface area (Å²) in [6.45, 7) is 3.66. The molecule has 104 valence electrons. The maximum absolute atomic E-state index is 6.13. The Labute approximate surface area is 126 Å². The molecule has 3 aromatic rings. The number of thiazole rings is 1. The molecule has 1 N–H and O–H groups in total. The van der Waals surface area contributed by atoms with Gasteiger partial charge in [0.1, 0.15) is 11.4 Å². The number of nitrogens with one attached hydrogen (secondary N) is 1. The van der Waals surface area contributed by atoms with E-state index in [0.717, 1.165) is 17.2 Å². The van der Waals surface area contributed by atoms with E-state index in [-0.39, 0.29) is 0 Å². The molecule has 0 aliphatic carbocycles. The highest BCUT2D eigenvalue weighted by molar-refractivity contribution is 7.15. The number of aromatic nitrogens is 2. The third kappa shape index (κ3) is 2.52. The minimum atomic E-state index is 0.582. The standard InChI is InChI=1S/C14H14ClN3OS/c1-2-16-9-11-13(17-14-18(11)7-8-20-14)19-12-6-4-3-5-10(12)15/h3-8,16H,2,9H2,1H3. The van der Waals surface area contributed by atoms with Crippen LogP contribution < -0.4 is 10.1 Å². The lowest BCUT2D eigenvalue weighted by atomic mass is 10.3. The fraction of sp³-hybridized carbons (Fsp3) is 0.214. The summed E-state index contributed by atoms with van der Waals surface area (Å²) in [7, 11) is 0. The van der Waals surface area contributed by atoms with Crippen LogP contribution in [0.1, 0.15) is 12.6 Å². The van der Waals surface area contributed by atoms with Crippen molar-refractivity contribution >= 4 is 27.9 Å². The highest BCUT2D eigenvalue weighted by Gasteiger charge is 2.15. The molecule has 0 aliphatic rings. The van der Waals surface area contributed by atoms with Crippen molar-refractivity contribution in [2.45, 2.75) is 13.5 Å². The molecule has 0 saturated heterocycles. The summed E-state index contributed by atoms with van der Waals surface area (Å²) in [5.74, 6) is 1.23. The Kier molecular flexibility index (Phi) is 3.91. The molecule has 0 radical (unpaired) electrons. The van der Waals surface area contributed by atoms with Crippen LogP contribution in [-0.2, 0) is 6.54 Å². The Hall–Kier alpha value is -1.56. The third-order valence-corrected chi connectivity index (χ3v) is 3.98. The van der Waals surface area contributed by atoms with Gasteiger partial charge in [0.15, 0.2) is 4.96 Å². The van der Waals surface area contributed by atoms with Crippen molar-refractivity contribution in [2.75, 3.05) is 6.54 Å². The Morgan fingerprint density at radius 1 is 1.40 bits per heavy atom. The first-order valence-corrected chi connectivity index (χ1v) is 7.63. The normalized spacial score (nSPS) is 11.1. The summed E-state index contributed by atoms with van der Waals surface area (Å²) in [6.07, 6.45) is 2.00. The lowest BCUT2D eigenvalue weighted by Gasteiger charge is -2.07. The summed E-state index contributed by atoms with van der Waals surface area (Å²) in [5, 5.41) is 5.90. The van der Waals surface area contributed by atoms with E-state index >= 15 is 0 Å². The zero-order valence-electron chi connectivity index (χ0n) is 11.0. The van der Waals surface area contributed by atoms with Gasteiger partial charge in [-0.25, -0.2) is 0 Å². The third-order valence-electron chi connectivity index (χ3n) is 2.91. The van der Waals surface area contributed by atoms with Crippen molar-refractivity contribution in [3.8, 4) is 11.6 Å². The van der Waals surface area contributed by atoms with Crippen molar-refractivity contribution in [3.05, 3.63) is 46.6 Å². The van der Waals surface area contributed by atoms with Crippen molar-refractivity contribution in [1.82, 2.24) is 14.7 Å². The first kappa shape index (κ1) is 13.4. The molecule has 0 spiro atoms. The van der Waals surface area contributed by atoms with E-state index in [9.17, 15) is 0 Å². The van der Waals surface area contributed by atoms with Crippen LogP contribution in [0.4, 0.5) is 0 Å². The molecule has 6 heteroatoms. The number of hydrogen-bond donors (Lipinski definition) is 1. The van der Waals surface area contributed by atoms with Crippen LogP contribution in [0, 0.1) is 0 Å². The number of benzene rings is 1. The number of halogens is 1. The van der Waals surface area contributed by atoms with Gasteiger partial charge in [-0.2, -0.15) is 4.98 Å². The summed E-state index contributed by atoms with van der Waals surface area (Å²) < 4.78 is 7.92. The maximum atomic E-state index is 6.13. The Morgan fingerprint density at radius 2 is 2.25 bits per heavy atom. The molecular weight excluding hydrogens is 294 g/mol. The van der Waals surface area contributed by atoms with Crippen molar-refractivity contribution < 1.29 is 4.74 Å². The molecular formula is C14H14ClN3OS. The topological polar surface area (TPSA) is 38.6 Å². The summed E-state index contributed by atoms with van der Waals surface area (Å²) in [4.78, 5) is 5.44. The quantitative estimate of drug-likeness (QED) is 0.775. The van der Waals surface area contributed by atoms with Gasteiger partial charge in [-0.3, -0.25) is 4.40 Å². The van der Waals surface area contributed by atoms with E-state index in [1.165, 1.54) is 0 Å². The lowest BCUT2D eigenvalue weighted by molar-refractivity contribution is 0.456. The fourth-order valence-electron chi connectivity index (χ4n) is 1.93. The monoisotopic (exact) mass is 307 g/mol. The number of rotatable bonds is 5. The van der Waals surface area contributed by atoms with Crippen LogP contribution in [0.2, 0.25) is 5.02 Å². The Morgan fingerprint density at radius 3 is 3.05 bits per heavy atom. The molecule has 0 fully saturated rings. The second-order valence-electron chi connectivity index (χ2n) is 4.23. The van der Waals surface area contributed by atoms with Gasteiger partial charge in [0.05, 0.1) is 5.02 Å². The molecule has 4 nitrogen and oxygen atoms in total. The van der Waals surface area contributed by atoms with E-state index in [0.29, 0.717) is 23.2 Å². The van der Waals surface area contributed by atoms with E-state index in [1.54, 1.807) is 17.4 Å². The van der Waals surface area contributed by atoms with Gasteiger partial charge in [-0.15, -0.1) is 11.3 Å². The molecule has 3 rings (SSSR count). The summed E-state index contributed by atoms with van der Waals surface area (Å²) in [5.41, 5.74) is 1.00. The van der Waals surface area contributed by atoms with Gasteiger partial charge in [0.2, 0.25) is 5.88 Å². The zero-order chi connectivity index (χ0) is 13.9. The largest absolute Gasteiger partial charge is 0.436 e. The van der Waals surface area contributed by atoms with Gasteiger partial charge >= 0.3 is 0 Å². The smallest absolute Gasteiger partial charge is 0.243 e. The first-order valence-electron chi connectivity index (χ1n) is 6.37. The molecule has 2 aromatic heterocycles. The van der Waals surface area contributed by atoms with Crippen LogP contribution in [0.3, 0.4) is 0 Å². The molecule has 0 unspecified atom stereocenters. The molecule has 2 heterocycles. The minimum absolute atomic E-state index is 0.582. The lowest BCUT2D eigenvalue weighted by Crippen LogP contribution is -2.13. The van der Waals surface area contributed by atoms with Crippen LogP contribution >= 0.6 is 22.9 Å². The highest BCUT2D eigenvalue weighted by Crippen LogP contribution is 2.31. The molecule has 20 heavy (non-hydrogen) atoms. The molecule has 0 aliphatic heterocycles. The number of imidazole rings is 1. The average Bonchev–Trinajstić information content (AvgIpc) is 3.00. The number of para-hydroxylation sites is 1. The van der Waals surface area contributed by atoms with Gasteiger partial charge in [0.25, 0.3) is 0 Å². The SMILES string of the molecule is CCNCc1c(Oc2ccccc2Cl)nc2sccn12. The molecule has 0 atom stereocenters. The average molecular weight is 308 g/mol. The van der Waals surface area contributed by atoms with Gasteiger partial charge < -0.3 is 10.1 Å². The second kappa shape index (κ2) is 5.83. The van der Waals surface area contributed by atoms with E-state index in [2.05, 4.69) is 17.2 Å². The summed E-state index contributed by atoms with van der Waals surface area (Å²) >= 11 is 7.71. The van der Waals surface area contributed by atoms with Crippen molar-refractivity contribution in [3.63, 3.8) is 0 Å². The van der Waals surface area contributed by atoms with E-state index in [1.807, 2.05) is 34.2 Å². The van der Waals surface area contributed by atoms with E-state index < -0.39 is 0 Å². The number of hydrogen-bond acceptors (Lipinski definition) is 4. The van der Waals surface area contributed by atoms with Crippen LogP contribution in [0.5, 0.6) is 11.6 Å². The van der Waals surface area contributed by atoms with Gasteiger partial charge in [-0.1, -0.05) is 30.7 Å². The highest BCUT2D eigenvalue weighted by atomic mass is 35.5. The molecule has 1 aromatic carbocycles. The molecule has 0 saturated carbocycles. The van der Waals surface area contributed by atoms with Gasteiger partial charge in [0, 0.05) is 18.1 Å². The number of ether oxygens (including phenoxy) is 1. The summed E-state index contributed by atoms with van der Waals surface area (Å²) in [6, 6.07) is 7.41. The maximum Gasteiger partial charge on any atom is 0.243 e. The number of fused-ring (bicyclic) bond motifs is 1. The molecule has 0 bridgehead atoms. The fourth-order valence-corrected chi connectivity index (χ4v) is 2.83.